The fourth-order valence-corrected chi connectivity index (χ4v) is 5.87. The molecule has 11 nitrogen and oxygen atoms in total. The van der Waals surface area contributed by atoms with Gasteiger partial charge in [0.2, 0.25) is 16.0 Å². The summed E-state index contributed by atoms with van der Waals surface area (Å²) in [6.45, 7) is 3.48. The van der Waals surface area contributed by atoms with Crippen molar-refractivity contribution in [3.05, 3.63) is 64.3 Å². The number of aromatic nitrogens is 2. The van der Waals surface area contributed by atoms with E-state index in [2.05, 4.69) is 30.0 Å². The molecule has 1 aromatic heterocycles. The number of primary sulfonamides is 1. The summed E-state index contributed by atoms with van der Waals surface area (Å²) in [5.74, 6) is 0.601. The van der Waals surface area contributed by atoms with E-state index in [0.717, 1.165) is 18.4 Å². The minimum absolute atomic E-state index is 0.0422. The van der Waals surface area contributed by atoms with E-state index in [1.165, 1.54) is 6.20 Å². The highest BCUT2D eigenvalue weighted by Gasteiger charge is 2.26. The summed E-state index contributed by atoms with van der Waals surface area (Å²) in [7, 11) is -7.36. The standard InChI is InChI=1S/C22H26ClN7O4S2/c1-13-9-18(10-14(2)20(13)35(24,31)32)28-22-25-12-19(23)21(29-22)27-16-5-3-15(4-6-16)11-26-36(33,34)30-17-7-8-17/h3-6,9-10,12,17,26,30H,7-8,11H2,1-2H3,(H2,24,31,32)(H2,25,27,28,29). The van der Waals surface area contributed by atoms with Crippen LogP contribution >= 0.6 is 11.6 Å². The Hall–Kier alpha value is -2.81. The van der Waals surface area contributed by atoms with E-state index in [-0.39, 0.29) is 23.4 Å². The maximum Gasteiger partial charge on any atom is 0.277 e. The van der Waals surface area contributed by atoms with Gasteiger partial charge in [-0.2, -0.15) is 22.8 Å². The van der Waals surface area contributed by atoms with E-state index >= 15 is 0 Å². The molecule has 1 fully saturated rings. The lowest BCUT2D eigenvalue weighted by Gasteiger charge is -2.13. The number of aryl methyl sites for hydroxylation is 2. The monoisotopic (exact) mass is 551 g/mol. The summed E-state index contributed by atoms with van der Waals surface area (Å²) in [5.41, 5.74) is 3.06. The molecule has 14 heteroatoms. The predicted octanol–water partition coefficient (Wildman–Crippen LogP) is 2.97. The molecule has 1 saturated carbocycles. The topological polar surface area (TPSA) is 168 Å². The second kappa shape index (κ2) is 10.3. The molecule has 1 heterocycles. The Labute approximate surface area is 215 Å². The Morgan fingerprint density at radius 3 is 2.22 bits per heavy atom. The van der Waals surface area contributed by atoms with E-state index in [0.29, 0.717) is 33.3 Å². The number of nitrogens with zero attached hydrogens (tertiary/aromatic N) is 2. The third-order valence-electron chi connectivity index (χ3n) is 5.33. The second-order valence-electron chi connectivity index (χ2n) is 8.54. The van der Waals surface area contributed by atoms with Gasteiger partial charge in [0, 0.05) is 24.0 Å². The molecule has 6 N–H and O–H groups in total. The molecule has 3 aromatic rings. The first kappa shape index (κ1) is 26.3. The minimum atomic E-state index is -3.84. The zero-order valence-electron chi connectivity index (χ0n) is 19.5. The Morgan fingerprint density at radius 1 is 1.00 bits per heavy atom. The van der Waals surface area contributed by atoms with Gasteiger partial charge < -0.3 is 10.6 Å². The molecular weight excluding hydrogens is 526 g/mol. The molecule has 0 saturated heterocycles. The van der Waals surface area contributed by atoms with Gasteiger partial charge in [-0.3, -0.25) is 0 Å². The number of benzene rings is 2. The lowest BCUT2D eigenvalue weighted by molar-refractivity contribution is 0.565. The van der Waals surface area contributed by atoms with E-state index in [1.807, 2.05) is 0 Å². The first-order chi connectivity index (χ1) is 16.9. The zero-order chi connectivity index (χ0) is 26.1. The molecular formula is C22H26ClN7O4S2. The largest absolute Gasteiger partial charge is 0.339 e. The first-order valence-electron chi connectivity index (χ1n) is 11.0. The van der Waals surface area contributed by atoms with Crippen LogP contribution in [-0.4, -0.2) is 32.8 Å². The Bertz CT molecular complexity index is 1470. The molecule has 36 heavy (non-hydrogen) atoms. The van der Waals surface area contributed by atoms with Crippen LogP contribution in [0.15, 0.2) is 47.5 Å². The van der Waals surface area contributed by atoms with E-state index in [1.54, 1.807) is 50.2 Å². The quantitative estimate of drug-likeness (QED) is 0.256. The number of nitrogens with two attached hydrogens (primary N) is 1. The number of rotatable bonds is 10. The van der Waals surface area contributed by atoms with Gasteiger partial charge in [0.15, 0.2) is 5.82 Å². The molecule has 1 aliphatic rings. The van der Waals surface area contributed by atoms with E-state index in [9.17, 15) is 16.8 Å². The molecule has 192 valence electrons. The van der Waals surface area contributed by atoms with Crippen LogP contribution in [0.5, 0.6) is 0 Å². The van der Waals surface area contributed by atoms with Crippen molar-refractivity contribution in [3.63, 3.8) is 0 Å². The van der Waals surface area contributed by atoms with Gasteiger partial charge in [0.25, 0.3) is 10.2 Å². The smallest absolute Gasteiger partial charge is 0.277 e. The van der Waals surface area contributed by atoms with E-state index in [4.69, 9.17) is 16.7 Å². The highest BCUT2D eigenvalue weighted by molar-refractivity contribution is 7.89. The van der Waals surface area contributed by atoms with Crippen LogP contribution in [0.1, 0.15) is 29.5 Å². The minimum Gasteiger partial charge on any atom is -0.339 e. The number of nitrogens with one attached hydrogen (secondary N) is 4. The molecule has 0 unspecified atom stereocenters. The van der Waals surface area contributed by atoms with Crippen LogP contribution in [-0.2, 0) is 26.8 Å². The van der Waals surface area contributed by atoms with Crippen molar-refractivity contribution in [2.45, 2.75) is 44.2 Å². The third kappa shape index (κ3) is 6.90. The molecule has 1 aliphatic carbocycles. The number of hydrogen-bond donors (Lipinski definition) is 5. The van der Waals surface area contributed by atoms with Gasteiger partial charge in [-0.15, -0.1) is 0 Å². The van der Waals surface area contributed by atoms with Crippen LogP contribution in [0.25, 0.3) is 0 Å². The fourth-order valence-electron chi connectivity index (χ4n) is 3.60. The maximum atomic E-state index is 12.0. The summed E-state index contributed by atoms with van der Waals surface area (Å²) in [5, 5.41) is 11.8. The normalized spacial score (nSPS) is 14.0. The second-order valence-corrected chi connectivity index (χ2v) is 12.0. The van der Waals surface area contributed by atoms with Crippen molar-refractivity contribution < 1.29 is 16.8 Å². The molecule has 0 spiro atoms. The number of anilines is 4. The van der Waals surface area contributed by atoms with Crippen LogP contribution < -0.4 is 25.2 Å². The summed E-state index contributed by atoms with van der Waals surface area (Å²) >= 11 is 6.27. The van der Waals surface area contributed by atoms with Gasteiger partial charge in [-0.25, -0.2) is 18.5 Å². The van der Waals surface area contributed by atoms with Gasteiger partial charge in [-0.1, -0.05) is 23.7 Å². The highest BCUT2D eigenvalue weighted by Crippen LogP contribution is 2.28. The summed E-state index contributed by atoms with van der Waals surface area (Å²) in [4.78, 5) is 8.68. The van der Waals surface area contributed by atoms with Gasteiger partial charge in [0.05, 0.1) is 11.1 Å². The van der Waals surface area contributed by atoms with Gasteiger partial charge in [-0.05, 0) is 67.6 Å². The third-order valence-corrected chi connectivity index (χ3v) is 7.98. The average Bonchev–Trinajstić information content (AvgIpc) is 3.57. The zero-order valence-corrected chi connectivity index (χ0v) is 21.9. The van der Waals surface area contributed by atoms with Crippen molar-refractivity contribution in [1.82, 2.24) is 19.4 Å². The summed E-state index contributed by atoms with van der Waals surface area (Å²) in [6.07, 6.45) is 3.18. The van der Waals surface area contributed by atoms with Crippen molar-refractivity contribution >= 4 is 55.0 Å². The number of hydrogen-bond acceptors (Lipinski definition) is 8. The van der Waals surface area contributed by atoms with Crippen LogP contribution in [0.2, 0.25) is 5.02 Å². The van der Waals surface area contributed by atoms with Crippen molar-refractivity contribution in [1.29, 1.82) is 0 Å². The lowest BCUT2D eigenvalue weighted by atomic mass is 10.1. The first-order valence-corrected chi connectivity index (χ1v) is 14.4. The van der Waals surface area contributed by atoms with Gasteiger partial charge >= 0.3 is 0 Å². The van der Waals surface area contributed by atoms with Crippen molar-refractivity contribution in [3.8, 4) is 0 Å². The highest BCUT2D eigenvalue weighted by atomic mass is 35.5. The van der Waals surface area contributed by atoms with Crippen molar-refractivity contribution in [2.75, 3.05) is 10.6 Å². The molecule has 0 amide bonds. The molecule has 4 rings (SSSR count). The molecule has 2 aromatic carbocycles. The SMILES string of the molecule is Cc1cc(Nc2ncc(Cl)c(Nc3ccc(CNS(=O)(=O)NC4CC4)cc3)n2)cc(C)c1S(N)(=O)=O. The Kier molecular flexibility index (Phi) is 7.50. The van der Waals surface area contributed by atoms with Crippen LogP contribution in [0.4, 0.5) is 23.1 Å². The lowest BCUT2D eigenvalue weighted by Crippen LogP contribution is -2.37. The predicted molar refractivity (Wildman–Crippen MR) is 139 cm³/mol. The molecule has 0 atom stereocenters. The number of sulfonamides is 1. The number of halogens is 1. The Balaban J connectivity index is 1.43. The summed E-state index contributed by atoms with van der Waals surface area (Å²) in [6, 6.07) is 10.5. The Morgan fingerprint density at radius 2 is 1.64 bits per heavy atom. The van der Waals surface area contributed by atoms with Crippen molar-refractivity contribution in [2.24, 2.45) is 5.14 Å². The fraction of sp³-hybridized carbons (Fsp3) is 0.273. The molecule has 0 aliphatic heterocycles. The molecule has 0 radical (unpaired) electrons. The maximum absolute atomic E-state index is 12.0. The summed E-state index contributed by atoms with van der Waals surface area (Å²) < 4.78 is 52.7. The van der Waals surface area contributed by atoms with Crippen LogP contribution in [0, 0.1) is 13.8 Å². The van der Waals surface area contributed by atoms with Crippen LogP contribution in [0.3, 0.4) is 0 Å². The van der Waals surface area contributed by atoms with E-state index < -0.39 is 20.2 Å². The van der Waals surface area contributed by atoms with Gasteiger partial charge in [0.1, 0.15) is 5.02 Å². The average molecular weight is 552 g/mol. The molecule has 0 bridgehead atoms.